The number of nitrogens with one attached hydrogen (secondary N) is 1. The van der Waals surface area contributed by atoms with Gasteiger partial charge >= 0.3 is 5.97 Å². The molecule has 0 heterocycles. The SMILES string of the molecule is Cc1cccc(NCC(CC(=O)O)CC(C)C)c1[N+](=O)[O-]. The Balaban J connectivity index is 2.82. The Morgan fingerprint density at radius 1 is 1.43 bits per heavy atom. The van der Waals surface area contributed by atoms with E-state index < -0.39 is 10.9 Å². The molecule has 1 unspecified atom stereocenters. The fourth-order valence-electron chi connectivity index (χ4n) is 2.45. The predicted octanol–water partition coefficient (Wildman–Crippen LogP) is 3.45. The third-order valence-electron chi connectivity index (χ3n) is 3.27. The van der Waals surface area contributed by atoms with Gasteiger partial charge in [0.25, 0.3) is 5.69 Å². The summed E-state index contributed by atoms with van der Waals surface area (Å²) < 4.78 is 0. The first-order valence-electron chi connectivity index (χ1n) is 7.01. The van der Waals surface area contributed by atoms with Crippen LogP contribution in [0.5, 0.6) is 0 Å². The summed E-state index contributed by atoms with van der Waals surface area (Å²) in [4.78, 5) is 21.6. The van der Waals surface area contributed by atoms with Crippen LogP contribution in [0.15, 0.2) is 18.2 Å². The Labute approximate surface area is 124 Å². The topological polar surface area (TPSA) is 92.5 Å². The highest BCUT2D eigenvalue weighted by Crippen LogP contribution is 2.28. The van der Waals surface area contributed by atoms with Crippen LogP contribution in [0.1, 0.15) is 32.3 Å². The number of nitro groups is 1. The number of rotatable bonds is 8. The molecule has 6 nitrogen and oxygen atoms in total. The minimum absolute atomic E-state index is 0.0520. The van der Waals surface area contributed by atoms with Crippen molar-refractivity contribution in [1.82, 2.24) is 0 Å². The van der Waals surface area contributed by atoms with Gasteiger partial charge in [-0.2, -0.15) is 0 Å². The molecule has 1 aromatic rings. The molecule has 2 N–H and O–H groups in total. The summed E-state index contributed by atoms with van der Waals surface area (Å²) >= 11 is 0. The molecule has 0 saturated heterocycles. The molecular formula is C15H22N2O4. The minimum atomic E-state index is -0.846. The van der Waals surface area contributed by atoms with Gasteiger partial charge in [0, 0.05) is 18.5 Å². The zero-order valence-electron chi connectivity index (χ0n) is 12.6. The van der Waals surface area contributed by atoms with Crippen molar-refractivity contribution in [3.8, 4) is 0 Å². The number of carboxylic acids is 1. The van der Waals surface area contributed by atoms with Gasteiger partial charge in [0.15, 0.2) is 0 Å². The van der Waals surface area contributed by atoms with Gasteiger partial charge in [-0.1, -0.05) is 26.0 Å². The lowest BCUT2D eigenvalue weighted by Gasteiger charge is -2.18. The molecule has 1 aromatic carbocycles. The Morgan fingerprint density at radius 3 is 2.62 bits per heavy atom. The van der Waals surface area contributed by atoms with Crippen molar-refractivity contribution in [3.63, 3.8) is 0 Å². The summed E-state index contributed by atoms with van der Waals surface area (Å²) in [5, 5.41) is 23.1. The summed E-state index contributed by atoms with van der Waals surface area (Å²) in [6, 6.07) is 5.09. The van der Waals surface area contributed by atoms with Gasteiger partial charge < -0.3 is 10.4 Å². The maximum absolute atomic E-state index is 11.1. The largest absolute Gasteiger partial charge is 0.481 e. The van der Waals surface area contributed by atoms with Gasteiger partial charge in [0.1, 0.15) is 5.69 Å². The van der Waals surface area contributed by atoms with E-state index in [1.807, 2.05) is 13.8 Å². The van der Waals surface area contributed by atoms with Crippen molar-refractivity contribution in [1.29, 1.82) is 0 Å². The van der Waals surface area contributed by atoms with Crippen LogP contribution in [0.25, 0.3) is 0 Å². The summed E-state index contributed by atoms with van der Waals surface area (Å²) in [5.74, 6) is -0.521. The maximum atomic E-state index is 11.1. The average Bonchev–Trinajstić information content (AvgIpc) is 2.34. The van der Waals surface area contributed by atoms with Gasteiger partial charge in [0.2, 0.25) is 0 Å². The Morgan fingerprint density at radius 2 is 2.10 bits per heavy atom. The first-order valence-corrected chi connectivity index (χ1v) is 7.01. The molecule has 1 atom stereocenters. The number of nitro benzene ring substituents is 1. The van der Waals surface area contributed by atoms with Crippen LogP contribution in [-0.4, -0.2) is 22.5 Å². The Hall–Kier alpha value is -2.11. The third-order valence-corrected chi connectivity index (χ3v) is 3.27. The molecule has 0 aliphatic heterocycles. The first-order chi connectivity index (χ1) is 9.81. The smallest absolute Gasteiger partial charge is 0.303 e. The number of para-hydroxylation sites is 1. The number of anilines is 1. The lowest BCUT2D eigenvalue weighted by Crippen LogP contribution is -2.20. The summed E-state index contributed by atoms with van der Waals surface area (Å²) in [6.45, 7) is 6.16. The van der Waals surface area contributed by atoms with Crippen LogP contribution in [-0.2, 0) is 4.79 Å². The Kier molecular flexibility index (Phi) is 6.14. The van der Waals surface area contributed by atoms with Crippen molar-refractivity contribution in [2.45, 2.75) is 33.6 Å². The summed E-state index contributed by atoms with van der Waals surface area (Å²) in [5.41, 5.74) is 1.08. The molecule has 116 valence electrons. The fourth-order valence-corrected chi connectivity index (χ4v) is 2.45. The normalized spacial score (nSPS) is 12.2. The minimum Gasteiger partial charge on any atom is -0.481 e. The van der Waals surface area contributed by atoms with Crippen molar-refractivity contribution in [2.24, 2.45) is 11.8 Å². The second kappa shape index (κ2) is 7.61. The number of aryl methyl sites for hydroxylation is 1. The molecule has 6 heteroatoms. The van der Waals surface area contributed by atoms with Gasteiger partial charge in [-0.3, -0.25) is 14.9 Å². The third kappa shape index (κ3) is 5.41. The first kappa shape index (κ1) is 16.9. The van der Waals surface area contributed by atoms with Gasteiger partial charge in [0.05, 0.1) is 4.92 Å². The lowest BCUT2D eigenvalue weighted by atomic mass is 9.94. The van der Waals surface area contributed by atoms with Gasteiger partial charge in [-0.25, -0.2) is 0 Å². The van der Waals surface area contributed by atoms with E-state index in [1.54, 1.807) is 25.1 Å². The van der Waals surface area contributed by atoms with Crippen LogP contribution >= 0.6 is 0 Å². The van der Waals surface area contributed by atoms with Gasteiger partial charge in [-0.05, 0) is 31.2 Å². The quantitative estimate of drug-likeness (QED) is 0.566. The standard InChI is InChI=1S/C15H22N2O4/c1-10(2)7-12(8-14(18)19)9-16-13-6-4-5-11(3)15(13)17(20)21/h4-6,10,12,16H,7-9H2,1-3H3,(H,18,19). The van der Waals surface area contributed by atoms with Crippen molar-refractivity contribution < 1.29 is 14.8 Å². The Bertz CT molecular complexity index is 514. The van der Waals surface area contributed by atoms with Crippen LogP contribution in [0.3, 0.4) is 0 Å². The van der Waals surface area contributed by atoms with Crippen LogP contribution in [0.2, 0.25) is 0 Å². The molecule has 21 heavy (non-hydrogen) atoms. The number of aliphatic carboxylic acids is 1. The van der Waals surface area contributed by atoms with E-state index in [4.69, 9.17) is 5.11 Å². The highest BCUT2D eigenvalue weighted by molar-refractivity contribution is 5.67. The highest BCUT2D eigenvalue weighted by atomic mass is 16.6. The number of hydrogen-bond donors (Lipinski definition) is 2. The molecule has 0 fully saturated rings. The van der Waals surface area contributed by atoms with E-state index in [-0.39, 0.29) is 18.0 Å². The fraction of sp³-hybridized carbons (Fsp3) is 0.533. The number of nitrogens with zero attached hydrogens (tertiary/aromatic N) is 1. The number of hydrogen-bond acceptors (Lipinski definition) is 4. The van der Waals surface area contributed by atoms with E-state index in [1.165, 1.54) is 0 Å². The predicted molar refractivity (Wildman–Crippen MR) is 81.5 cm³/mol. The second-order valence-electron chi connectivity index (χ2n) is 5.70. The van der Waals surface area contributed by atoms with Crippen LogP contribution in [0.4, 0.5) is 11.4 Å². The monoisotopic (exact) mass is 294 g/mol. The molecule has 0 amide bonds. The van der Waals surface area contributed by atoms with E-state index in [9.17, 15) is 14.9 Å². The van der Waals surface area contributed by atoms with E-state index >= 15 is 0 Å². The molecule has 0 saturated carbocycles. The maximum Gasteiger partial charge on any atom is 0.303 e. The summed E-state index contributed by atoms with van der Waals surface area (Å²) in [6.07, 6.45) is 0.823. The molecular weight excluding hydrogens is 272 g/mol. The van der Waals surface area contributed by atoms with E-state index in [0.29, 0.717) is 23.7 Å². The second-order valence-corrected chi connectivity index (χ2v) is 5.70. The van der Waals surface area contributed by atoms with Crippen molar-refractivity contribution >= 4 is 17.3 Å². The van der Waals surface area contributed by atoms with E-state index in [0.717, 1.165) is 6.42 Å². The van der Waals surface area contributed by atoms with Crippen molar-refractivity contribution in [3.05, 3.63) is 33.9 Å². The average molecular weight is 294 g/mol. The number of benzene rings is 1. The van der Waals surface area contributed by atoms with Gasteiger partial charge in [-0.15, -0.1) is 0 Å². The zero-order chi connectivity index (χ0) is 16.0. The molecule has 0 spiro atoms. The molecule has 0 aliphatic rings. The summed E-state index contributed by atoms with van der Waals surface area (Å²) in [7, 11) is 0. The molecule has 0 bridgehead atoms. The molecule has 0 aromatic heterocycles. The molecule has 1 rings (SSSR count). The molecule has 0 radical (unpaired) electrons. The highest BCUT2D eigenvalue weighted by Gasteiger charge is 2.19. The van der Waals surface area contributed by atoms with Crippen LogP contribution < -0.4 is 5.32 Å². The molecule has 0 aliphatic carbocycles. The number of carboxylic acid groups (broad SMARTS) is 1. The van der Waals surface area contributed by atoms with Crippen molar-refractivity contribution in [2.75, 3.05) is 11.9 Å². The lowest BCUT2D eigenvalue weighted by molar-refractivity contribution is -0.384. The van der Waals surface area contributed by atoms with E-state index in [2.05, 4.69) is 5.32 Å². The number of carbonyl (C=O) groups is 1. The van der Waals surface area contributed by atoms with Crippen LogP contribution in [0, 0.1) is 28.9 Å². The zero-order valence-corrected chi connectivity index (χ0v) is 12.6.